The number of pyridine rings is 1. The first-order valence-electron chi connectivity index (χ1n) is 6.83. The second kappa shape index (κ2) is 5.38. The Labute approximate surface area is 117 Å². The quantitative estimate of drug-likeness (QED) is 0.831. The van der Waals surface area contributed by atoms with Crippen molar-refractivity contribution in [1.29, 1.82) is 0 Å². The summed E-state index contributed by atoms with van der Waals surface area (Å²) in [6.07, 6.45) is 5.92. The second-order valence-corrected chi connectivity index (χ2v) is 7.11. The summed E-state index contributed by atoms with van der Waals surface area (Å²) in [5.41, 5.74) is 0. The van der Waals surface area contributed by atoms with Gasteiger partial charge in [0.1, 0.15) is 10.7 Å². The zero-order chi connectivity index (χ0) is 14.2. The van der Waals surface area contributed by atoms with Gasteiger partial charge in [-0.05, 0) is 18.9 Å². The summed E-state index contributed by atoms with van der Waals surface area (Å²) in [5, 5.41) is 0. The fourth-order valence-electron chi connectivity index (χ4n) is 3.03. The molecule has 1 aliphatic carbocycles. The van der Waals surface area contributed by atoms with Crippen LogP contribution in [0.1, 0.15) is 25.7 Å². The highest BCUT2D eigenvalue weighted by Gasteiger charge is 2.40. The molecule has 0 spiro atoms. The van der Waals surface area contributed by atoms with E-state index in [9.17, 15) is 12.8 Å². The number of rotatable bonds is 2. The van der Waals surface area contributed by atoms with Crippen LogP contribution < -0.4 is 0 Å². The molecule has 0 amide bonds. The van der Waals surface area contributed by atoms with E-state index in [1.807, 2.05) is 0 Å². The minimum absolute atomic E-state index is 0.0335. The molecule has 20 heavy (non-hydrogen) atoms. The van der Waals surface area contributed by atoms with Crippen molar-refractivity contribution in [3.63, 3.8) is 0 Å². The second-order valence-electron chi connectivity index (χ2n) is 5.22. The zero-order valence-electron chi connectivity index (χ0n) is 11.0. The first kappa shape index (κ1) is 13.9. The van der Waals surface area contributed by atoms with Crippen LogP contribution in [0.2, 0.25) is 0 Å². The predicted molar refractivity (Wildman–Crippen MR) is 70.1 cm³/mol. The third-order valence-electron chi connectivity index (χ3n) is 3.97. The number of sulfonamides is 1. The molecule has 2 fully saturated rings. The third kappa shape index (κ3) is 2.45. The molecule has 1 aliphatic heterocycles. The van der Waals surface area contributed by atoms with Crippen LogP contribution in [0.4, 0.5) is 4.39 Å². The van der Waals surface area contributed by atoms with Gasteiger partial charge >= 0.3 is 0 Å². The number of nitrogens with zero attached hydrogens (tertiary/aromatic N) is 2. The monoisotopic (exact) mass is 300 g/mol. The van der Waals surface area contributed by atoms with Gasteiger partial charge in [-0.2, -0.15) is 4.31 Å². The summed E-state index contributed by atoms with van der Waals surface area (Å²) in [4.78, 5) is 3.56. The van der Waals surface area contributed by atoms with E-state index in [0.29, 0.717) is 13.2 Å². The Hall–Kier alpha value is -1.05. The van der Waals surface area contributed by atoms with Crippen LogP contribution in [0.25, 0.3) is 0 Å². The molecule has 1 aromatic heterocycles. The number of fused-ring (bicyclic) bond motifs is 1. The molecule has 7 heteroatoms. The molecule has 1 saturated heterocycles. The van der Waals surface area contributed by atoms with Gasteiger partial charge in [0, 0.05) is 12.7 Å². The Balaban J connectivity index is 1.93. The van der Waals surface area contributed by atoms with Gasteiger partial charge in [0.25, 0.3) is 0 Å². The van der Waals surface area contributed by atoms with E-state index < -0.39 is 15.8 Å². The van der Waals surface area contributed by atoms with E-state index in [1.165, 1.54) is 10.5 Å². The van der Waals surface area contributed by atoms with Crippen molar-refractivity contribution in [2.24, 2.45) is 0 Å². The van der Waals surface area contributed by atoms with E-state index in [4.69, 9.17) is 4.74 Å². The zero-order valence-corrected chi connectivity index (χ0v) is 11.9. The maximum Gasteiger partial charge on any atom is 0.245 e. The summed E-state index contributed by atoms with van der Waals surface area (Å²) in [6, 6.07) is 0.890. The van der Waals surface area contributed by atoms with Gasteiger partial charge in [-0.3, -0.25) is 4.98 Å². The maximum absolute atomic E-state index is 13.2. The average Bonchev–Trinajstić information content (AvgIpc) is 2.46. The highest BCUT2D eigenvalue weighted by Crippen LogP contribution is 2.32. The summed E-state index contributed by atoms with van der Waals surface area (Å²) in [7, 11) is -3.70. The van der Waals surface area contributed by atoms with E-state index in [2.05, 4.69) is 4.98 Å². The van der Waals surface area contributed by atoms with Crippen molar-refractivity contribution in [1.82, 2.24) is 9.29 Å². The van der Waals surface area contributed by atoms with Crippen LogP contribution in [-0.2, 0) is 14.8 Å². The van der Waals surface area contributed by atoms with Gasteiger partial charge < -0.3 is 4.74 Å². The molecule has 1 aromatic rings. The maximum atomic E-state index is 13.2. The topological polar surface area (TPSA) is 59.5 Å². The summed E-state index contributed by atoms with van der Waals surface area (Å²) >= 11 is 0. The lowest BCUT2D eigenvalue weighted by molar-refractivity contribution is -0.0586. The van der Waals surface area contributed by atoms with Gasteiger partial charge in [0.05, 0.1) is 24.9 Å². The van der Waals surface area contributed by atoms with Crippen molar-refractivity contribution < 1.29 is 17.5 Å². The lowest BCUT2D eigenvalue weighted by atomic mass is 9.91. The van der Waals surface area contributed by atoms with E-state index in [-0.39, 0.29) is 17.0 Å². The van der Waals surface area contributed by atoms with Crippen LogP contribution in [0, 0.1) is 5.82 Å². The molecule has 1 saturated carbocycles. The number of aromatic nitrogens is 1. The molecular weight excluding hydrogens is 283 g/mol. The average molecular weight is 300 g/mol. The third-order valence-corrected chi connectivity index (χ3v) is 5.86. The largest absolute Gasteiger partial charge is 0.375 e. The summed E-state index contributed by atoms with van der Waals surface area (Å²) in [5.74, 6) is -0.639. The Kier molecular flexibility index (Phi) is 3.74. The number of morpholine rings is 1. The molecular formula is C13H17FN2O3S. The fraction of sp³-hybridized carbons (Fsp3) is 0.615. The first-order valence-corrected chi connectivity index (χ1v) is 8.27. The van der Waals surface area contributed by atoms with Crippen LogP contribution in [0.15, 0.2) is 23.4 Å². The summed E-state index contributed by atoms with van der Waals surface area (Å²) < 4.78 is 45.7. The number of hydrogen-bond acceptors (Lipinski definition) is 4. The van der Waals surface area contributed by atoms with Gasteiger partial charge in [0.2, 0.25) is 10.0 Å². The molecule has 0 aromatic carbocycles. The molecule has 2 atom stereocenters. The minimum atomic E-state index is -3.70. The van der Waals surface area contributed by atoms with Crippen molar-refractivity contribution in [2.75, 3.05) is 13.2 Å². The van der Waals surface area contributed by atoms with E-state index in [1.54, 1.807) is 0 Å². The van der Waals surface area contributed by atoms with Crippen molar-refractivity contribution in [2.45, 2.75) is 42.7 Å². The first-order chi connectivity index (χ1) is 9.59. The smallest absolute Gasteiger partial charge is 0.245 e. The molecule has 0 radical (unpaired) electrons. The predicted octanol–water partition coefficient (Wildman–Crippen LogP) is 1.55. The molecule has 5 nitrogen and oxygen atoms in total. The molecule has 2 heterocycles. The Morgan fingerprint density at radius 2 is 2.10 bits per heavy atom. The molecule has 0 bridgehead atoms. The fourth-order valence-corrected chi connectivity index (χ4v) is 4.67. The van der Waals surface area contributed by atoms with Gasteiger partial charge in [-0.15, -0.1) is 0 Å². The van der Waals surface area contributed by atoms with Crippen molar-refractivity contribution in [3.05, 3.63) is 24.3 Å². The molecule has 110 valence electrons. The lowest BCUT2D eigenvalue weighted by Gasteiger charge is -2.42. The lowest BCUT2D eigenvalue weighted by Crippen LogP contribution is -2.54. The Morgan fingerprint density at radius 1 is 1.30 bits per heavy atom. The van der Waals surface area contributed by atoms with Gasteiger partial charge in [-0.25, -0.2) is 12.8 Å². The van der Waals surface area contributed by atoms with Crippen LogP contribution in [0.5, 0.6) is 0 Å². The highest BCUT2D eigenvalue weighted by molar-refractivity contribution is 7.89. The normalized spacial score (nSPS) is 28.1. The van der Waals surface area contributed by atoms with Crippen LogP contribution in [-0.4, -0.2) is 43.0 Å². The minimum Gasteiger partial charge on any atom is -0.375 e. The molecule has 0 N–H and O–H groups in total. The molecule has 0 unspecified atom stereocenters. The number of ether oxygens (including phenoxy) is 1. The number of halogens is 1. The van der Waals surface area contributed by atoms with Gasteiger partial charge in [-0.1, -0.05) is 12.8 Å². The van der Waals surface area contributed by atoms with E-state index in [0.717, 1.165) is 37.9 Å². The van der Waals surface area contributed by atoms with Crippen LogP contribution in [0.3, 0.4) is 0 Å². The van der Waals surface area contributed by atoms with Crippen molar-refractivity contribution in [3.8, 4) is 0 Å². The molecule has 2 aliphatic rings. The molecule has 3 rings (SSSR count). The Bertz CT molecular complexity index is 591. The highest BCUT2D eigenvalue weighted by atomic mass is 32.2. The van der Waals surface area contributed by atoms with Crippen LogP contribution >= 0.6 is 0 Å². The standard InChI is InChI=1S/C13H17FN2O3S/c14-10-7-11(9-15-8-10)20(17,18)16-5-6-19-13-4-2-1-3-12(13)16/h7-9,12-13H,1-6H2/t12-,13+/m0/s1. The van der Waals surface area contributed by atoms with Gasteiger partial charge in [0.15, 0.2) is 0 Å². The SMILES string of the molecule is O=S(=O)(c1cncc(F)c1)N1CCO[C@@H]2CCCC[C@@H]21. The number of hydrogen-bond donors (Lipinski definition) is 0. The summed E-state index contributed by atoms with van der Waals surface area (Å²) in [6.45, 7) is 0.711. The Morgan fingerprint density at radius 3 is 2.90 bits per heavy atom. The van der Waals surface area contributed by atoms with E-state index >= 15 is 0 Å². The van der Waals surface area contributed by atoms with Crippen molar-refractivity contribution >= 4 is 10.0 Å².